The molecule has 6 nitrogen and oxygen atoms in total. The molecule has 7 heteroatoms. The molecule has 0 amide bonds. The highest BCUT2D eigenvalue weighted by atomic mass is 19.1. The van der Waals surface area contributed by atoms with Crippen LogP contribution in [0.4, 0.5) is 4.39 Å². The number of ether oxygens (including phenoxy) is 2. The lowest BCUT2D eigenvalue weighted by molar-refractivity contribution is 0.295. The summed E-state index contributed by atoms with van der Waals surface area (Å²) in [5.74, 6) is 1.84. The van der Waals surface area contributed by atoms with E-state index in [1.54, 1.807) is 40.3 Å². The van der Waals surface area contributed by atoms with Crippen molar-refractivity contribution < 1.29 is 13.9 Å². The quantitative estimate of drug-likeness (QED) is 0.525. The normalized spacial score (nSPS) is 12.6. The molecule has 1 unspecified atom stereocenters. The number of likely N-dealkylation sites (N-methyl/N-ethyl adjacent to an activating group) is 1. The van der Waals surface area contributed by atoms with Crippen molar-refractivity contribution in [2.75, 3.05) is 41.9 Å². The molecule has 0 radical (unpaired) electrons. The second-order valence-corrected chi connectivity index (χ2v) is 6.98. The summed E-state index contributed by atoms with van der Waals surface area (Å²) in [4.78, 5) is 6.39. The first-order valence-corrected chi connectivity index (χ1v) is 9.47. The number of nitrogens with one attached hydrogen (secondary N) is 2. The molecule has 2 N–H and O–H groups in total. The monoisotopic (exact) mass is 402 g/mol. The van der Waals surface area contributed by atoms with Crippen LogP contribution in [-0.2, 0) is 6.54 Å². The summed E-state index contributed by atoms with van der Waals surface area (Å²) < 4.78 is 24.5. The van der Waals surface area contributed by atoms with Gasteiger partial charge in [0.2, 0.25) is 0 Å². The first-order valence-electron chi connectivity index (χ1n) is 9.47. The first kappa shape index (κ1) is 22.5. The molecule has 0 bridgehead atoms. The average Bonchev–Trinajstić information content (AvgIpc) is 2.72. The lowest BCUT2D eigenvalue weighted by Crippen LogP contribution is -2.41. The van der Waals surface area contributed by atoms with Crippen molar-refractivity contribution in [1.82, 2.24) is 15.5 Å². The van der Waals surface area contributed by atoms with Crippen molar-refractivity contribution in [2.45, 2.75) is 19.5 Å². The van der Waals surface area contributed by atoms with Gasteiger partial charge in [-0.3, -0.25) is 4.99 Å². The standard InChI is InChI=1S/C22H31FN4O2/c1-15-7-8-16(11-18(15)23)13-25-22(24-2)26-14-19(27(3)4)17-9-10-20(28-5)21(12-17)29-6/h7-12,19H,13-14H2,1-6H3,(H2,24,25,26). The summed E-state index contributed by atoms with van der Waals surface area (Å²) in [6.07, 6.45) is 0. The zero-order valence-electron chi connectivity index (χ0n) is 18.0. The number of guanidine groups is 1. The van der Waals surface area contributed by atoms with E-state index in [9.17, 15) is 4.39 Å². The van der Waals surface area contributed by atoms with Crippen molar-refractivity contribution in [2.24, 2.45) is 4.99 Å². The number of halogens is 1. The summed E-state index contributed by atoms with van der Waals surface area (Å²) in [6.45, 7) is 2.87. The molecule has 0 aliphatic rings. The van der Waals surface area contributed by atoms with Gasteiger partial charge < -0.3 is 25.0 Å². The molecule has 0 aromatic heterocycles. The minimum Gasteiger partial charge on any atom is -0.493 e. The van der Waals surface area contributed by atoms with Gasteiger partial charge in [-0.2, -0.15) is 0 Å². The molecule has 158 valence electrons. The third-order valence-corrected chi connectivity index (χ3v) is 4.80. The summed E-state index contributed by atoms with van der Waals surface area (Å²) >= 11 is 0. The Morgan fingerprint density at radius 1 is 1.07 bits per heavy atom. The Kier molecular flexibility index (Phi) is 8.27. The van der Waals surface area contributed by atoms with Crippen molar-refractivity contribution in [3.8, 4) is 11.5 Å². The molecular formula is C22H31FN4O2. The molecule has 0 heterocycles. The molecule has 0 aliphatic heterocycles. The molecule has 2 aromatic carbocycles. The Bertz CT molecular complexity index is 840. The van der Waals surface area contributed by atoms with Crippen LogP contribution in [0.5, 0.6) is 11.5 Å². The number of benzene rings is 2. The largest absolute Gasteiger partial charge is 0.493 e. The fourth-order valence-electron chi connectivity index (χ4n) is 3.00. The maximum absolute atomic E-state index is 13.7. The van der Waals surface area contributed by atoms with E-state index in [-0.39, 0.29) is 11.9 Å². The van der Waals surface area contributed by atoms with Gasteiger partial charge in [0.15, 0.2) is 17.5 Å². The number of rotatable bonds is 8. The Hall–Kier alpha value is -2.80. The Labute approximate surface area is 172 Å². The number of hydrogen-bond donors (Lipinski definition) is 2. The maximum Gasteiger partial charge on any atom is 0.191 e. The first-order chi connectivity index (χ1) is 13.9. The van der Waals surface area contributed by atoms with E-state index >= 15 is 0 Å². The second-order valence-electron chi connectivity index (χ2n) is 6.98. The van der Waals surface area contributed by atoms with E-state index in [0.717, 1.165) is 11.1 Å². The molecule has 0 spiro atoms. The number of aliphatic imine (C=N–C) groups is 1. The highest BCUT2D eigenvalue weighted by Crippen LogP contribution is 2.31. The van der Waals surface area contributed by atoms with Crippen LogP contribution >= 0.6 is 0 Å². The molecule has 2 rings (SSSR count). The van der Waals surface area contributed by atoms with Crippen LogP contribution in [-0.4, -0.2) is 52.8 Å². The van der Waals surface area contributed by atoms with Gasteiger partial charge in [0, 0.05) is 20.1 Å². The fourth-order valence-corrected chi connectivity index (χ4v) is 3.00. The topological polar surface area (TPSA) is 58.1 Å². The third-order valence-electron chi connectivity index (χ3n) is 4.80. The van der Waals surface area contributed by atoms with E-state index in [0.29, 0.717) is 36.1 Å². The van der Waals surface area contributed by atoms with Crippen molar-refractivity contribution in [1.29, 1.82) is 0 Å². The Morgan fingerprint density at radius 2 is 1.79 bits per heavy atom. The van der Waals surface area contributed by atoms with Crippen molar-refractivity contribution in [3.05, 3.63) is 58.9 Å². The number of aryl methyl sites for hydroxylation is 1. The van der Waals surface area contributed by atoms with Gasteiger partial charge in [0.1, 0.15) is 5.82 Å². The van der Waals surface area contributed by atoms with Gasteiger partial charge in [-0.15, -0.1) is 0 Å². The lowest BCUT2D eigenvalue weighted by atomic mass is 10.1. The summed E-state index contributed by atoms with van der Waals surface area (Å²) in [5.41, 5.74) is 2.59. The smallest absolute Gasteiger partial charge is 0.191 e. The van der Waals surface area contributed by atoms with Gasteiger partial charge in [-0.25, -0.2) is 4.39 Å². The Morgan fingerprint density at radius 3 is 2.38 bits per heavy atom. The van der Waals surface area contributed by atoms with E-state index in [1.165, 1.54) is 0 Å². The van der Waals surface area contributed by atoms with Gasteiger partial charge in [-0.05, 0) is 55.9 Å². The molecular weight excluding hydrogens is 371 g/mol. The van der Waals surface area contributed by atoms with E-state index in [4.69, 9.17) is 9.47 Å². The summed E-state index contributed by atoms with van der Waals surface area (Å²) in [6, 6.07) is 11.2. The van der Waals surface area contributed by atoms with Crippen LogP contribution in [0.25, 0.3) is 0 Å². The zero-order valence-corrected chi connectivity index (χ0v) is 18.0. The van der Waals surface area contributed by atoms with E-state index in [2.05, 4.69) is 20.5 Å². The van der Waals surface area contributed by atoms with Crippen LogP contribution < -0.4 is 20.1 Å². The minimum absolute atomic E-state index is 0.0881. The summed E-state index contributed by atoms with van der Waals surface area (Å²) in [5, 5.41) is 6.57. The molecule has 0 saturated heterocycles. The third kappa shape index (κ3) is 6.09. The molecule has 29 heavy (non-hydrogen) atoms. The SMILES string of the molecule is CN=C(NCc1ccc(C)c(F)c1)NCC(c1ccc(OC)c(OC)c1)N(C)C. The predicted molar refractivity (Wildman–Crippen MR) is 115 cm³/mol. The van der Waals surface area contributed by atoms with Gasteiger partial charge in [0.05, 0.1) is 20.3 Å². The van der Waals surface area contributed by atoms with Crippen LogP contribution in [0.3, 0.4) is 0 Å². The highest BCUT2D eigenvalue weighted by molar-refractivity contribution is 5.79. The van der Waals surface area contributed by atoms with Crippen LogP contribution in [0.1, 0.15) is 22.7 Å². The molecule has 0 fully saturated rings. The molecule has 1 atom stereocenters. The van der Waals surface area contributed by atoms with Crippen LogP contribution in [0.15, 0.2) is 41.4 Å². The van der Waals surface area contributed by atoms with Gasteiger partial charge >= 0.3 is 0 Å². The van der Waals surface area contributed by atoms with Crippen LogP contribution in [0.2, 0.25) is 0 Å². The van der Waals surface area contributed by atoms with Crippen molar-refractivity contribution in [3.63, 3.8) is 0 Å². The van der Waals surface area contributed by atoms with Crippen molar-refractivity contribution >= 4 is 5.96 Å². The zero-order chi connectivity index (χ0) is 21.4. The number of methoxy groups -OCH3 is 2. The maximum atomic E-state index is 13.7. The Balaban J connectivity index is 2.03. The molecule has 0 saturated carbocycles. The van der Waals surface area contributed by atoms with Gasteiger partial charge in [0.25, 0.3) is 0 Å². The summed E-state index contributed by atoms with van der Waals surface area (Å²) in [7, 11) is 9.01. The predicted octanol–water partition coefficient (Wildman–Crippen LogP) is 3.12. The fraction of sp³-hybridized carbons (Fsp3) is 0.409. The average molecular weight is 403 g/mol. The van der Waals surface area contributed by atoms with E-state index < -0.39 is 0 Å². The van der Waals surface area contributed by atoms with Crippen LogP contribution in [0, 0.1) is 12.7 Å². The minimum atomic E-state index is -0.201. The molecule has 0 aliphatic carbocycles. The van der Waals surface area contributed by atoms with Gasteiger partial charge in [-0.1, -0.05) is 18.2 Å². The molecule has 2 aromatic rings. The second kappa shape index (κ2) is 10.7. The highest BCUT2D eigenvalue weighted by Gasteiger charge is 2.17. The number of hydrogen-bond acceptors (Lipinski definition) is 4. The lowest BCUT2D eigenvalue weighted by Gasteiger charge is -2.26. The number of nitrogens with zero attached hydrogens (tertiary/aromatic N) is 2. The van der Waals surface area contributed by atoms with E-state index in [1.807, 2.05) is 38.4 Å².